The molecule has 1 aromatic carbocycles. The number of amides is 1. The molecule has 0 aliphatic heterocycles. The van der Waals surface area contributed by atoms with Crippen molar-refractivity contribution in [2.45, 2.75) is 44.6 Å². The Balaban J connectivity index is 2.22. The van der Waals surface area contributed by atoms with Gasteiger partial charge < -0.3 is 25.1 Å². The molecule has 1 amide bonds. The lowest BCUT2D eigenvalue weighted by Gasteiger charge is -2.25. The summed E-state index contributed by atoms with van der Waals surface area (Å²) >= 11 is 0. The summed E-state index contributed by atoms with van der Waals surface area (Å²) in [4.78, 5) is 12.5. The molecule has 1 saturated carbocycles. The minimum atomic E-state index is -3.87. The Morgan fingerprint density at radius 2 is 1.93 bits per heavy atom. The van der Waals surface area contributed by atoms with E-state index in [1.54, 1.807) is 0 Å². The van der Waals surface area contributed by atoms with Gasteiger partial charge in [-0.15, -0.1) is 0 Å². The minimum absolute atomic E-state index is 0.0248. The Hall–Kier alpha value is -1.82. The summed E-state index contributed by atoms with van der Waals surface area (Å²) in [5, 5.41) is 29.9. The van der Waals surface area contributed by atoms with Crippen LogP contribution in [-0.4, -0.2) is 55.2 Å². The monoisotopic (exact) mass is 400 g/mol. The Kier molecular flexibility index (Phi) is 7.90. The number of hydrogen-bond donors (Lipinski definition) is 5. The lowest BCUT2D eigenvalue weighted by Crippen LogP contribution is -2.34. The van der Waals surface area contributed by atoms with Gasteiger partial charge in [0.05, 0.1) is 17.0 Å². The second kappa shape index (κ2) is 9.93. The number of aliphatic hydroxyl groups is 1. The molecule has 0 radical (unpaired) electrons. The zero-order valence-corrected chi connectivity index (χ0v) is 15.7. The zero-order valence-electron chi connectivity index (χ0n) is 14.9. The van der Waals surface area contributed by atoms with E-state index in [1.807, 2.05) is 4.72 Å². The third-order valence-corrected chi connectivity index (χ3v) is 5.58. The van der Waals surface area contributed by atoms with E-state index in [-0.39, 0.29) is 36.1 Å². The van der Waals surface area contributed by atoms with E-state index in [0.717, 1.165) is 32.1 Å². The zero-order chi connectivity index (χ0) is 19.9. The second-order valence-corrected chi connectivity index (χ2v) is 8.30. The van der Waals surface area contributed by atoms with Gasteiger partial charge in [0.25, 0.3) is 5.91 Å². The average Bonchev–Trinajstić information content (AvgIpc) is 2.60. The fourth-order valence-electron chi connectivity index (χ4n) is 3.00. The highest BCUT2D eigenvalue weighted by Gasteiger charge is 2.22. The van der Waals surface area contributed by atoms with E-state index in [1.165, 1.54) is 18.2 Å². The van der Waals surface area contributed by atoms with Gasteiger partial charge in [0.1, 0.15) is 5.75 Å². The van der Waals surface area contributed by atoms with Crippen molar-refractivity contribution in [3.63, 3.8) is 0 Å². The van der Waals surface area contributed by atoms with Gasteiger partial charge in [0.2, 0.25) is 10.0 Å². The van der Waals surface area contributed by atoms with Gasteiger partial charge in [0, 0.05) is 18.7 Å². The van der Waals surface area contributed by atoms with Gasteiger partial charge >= 0.3 is 7.32 Å². The fourth-order valence-corrected chi connectivity index (χ4v) is 4.01. The molecule has 0 heterocycles. The Morgan fingerprint density at radius 3 is 2.56 bits per heavy atom. The average molecular weight is 400 g/mol. The predicted molar refractivity (Wildman–Crippen MR) is 101 cm³/mol. The van der Waals surface area contributed by atoms with Crippen molar-refractivity contribution in [1.82, 2.24) is 4.72 Å². The molecule has 5 N–H and O–H groups in total. The summed E-state index contributed by atoms with van der Waals surface area (Å²) in [7, 11) is -5.88. The molecule has 27 heavy (non-hydrogen) atoms. The standard InChI is InChI=1S/C16H25BN2O7S/c20-9-4-10-27(24,25)19-16(21)14-8-7-13(26-17(22)23)11-15(14)18-12-5-2-1-3-6-12/h7-8,11-12,18,20,22-23H,1-6,9-10H2,(H,19,21). The molecule has 0 aromatic heterocycles. The third kappa shape index (κ3) is 7.02. The summed E-state index contributed by atoms with van der Waals surface area (Å²) in [5.41, 5.74) is 0.461. The van der Waals surface area contributed by atoms with E-state index in [0.29, 0.717) is 5.69 Å². The van der Waals surface area contributed by atoms with Crippen molar-refractivity contribution in [3.8, 4) is 5.75 Å². The summed E-state index contributed by atoms with van der Waals surface area (Å²) in [6.07, 6.45) is 5.12. The van der Waals surface area contributed by atoms with Crippen LogP contribution in [0.5, 0.6) is 5.75 Å². The maximum Gasteiger partial charge on any atom is 0.707 e. The lowest BCUT2D eigenvalue weighted by molar-refractivity contribution is 0.0982. The van der Waals surface area contributed by atoms with Gasteiger partial charge in [-0.05, 0) is 31.4 Å². The van der Waals surface area contributed by atoms with Crippen molar-refractivity contribution in [2.75, 3.05) is 17.7 Å². The molecule has 0 unspecified atom stereocenters. The molecule has 1 aliphatic carbocycles. The first-order valence-electron chi connectivity index (χ1n) is 8.90. The van der Waals surface area contributed by atoms with E-state index in [4.69, 9.17) is 19.8 Å². The predicted octanol–water partition coefficient (Wildman–Crippen LogP) is 0.221. The summed E-state index contributed by atoms with van der Waals surface area (Å²) < 4.78 is 30.7. The van der Waals surface area contributed by atoms with Crippen LogP contribution in [0.25, 0.3) is 0 Å². The first-order chi connectivity index (χ1) is 12.8. The number of sulfonamides is 1. The highest BCUT2D eigenvalue weighted by Crippen LogP contribution is 2.27. The molecular formula is C16H25BN2O7S. The molecule has 1 fully saturated rings. The topological polar surface area (TPSA) is 145 Å². The van der Waals surface area contributed by atoms with Crippen LogP contribution >= 0.6 is 0 Å². The summed E-state index contributed by atoms with van der Waals surface area (Å²) in [6, 6.07) is 4.27. The van der Waals surface area contributed by atoms with Crippen LogP contribution in [0.4, 0.5) is 5.69 Å². The van der Waals surface area contributed by atoms with Crippen LogP contribution < -0.4 is 14.7 Å². The van der Waals surface area contributed by atoms with E-state index in [2.05, 4.69) is 5.32 Å². The maximum absolute atomic E-state index is 12.5. The second-order valence-electron chi connectivity index (χ2n) is 6.46. The normalized spacial score (nSPS) is 15.2. The molecule has 0 bridgehead atoms. The number of hydrogen-bond acceptors (Lipinski definition) is 8. The van der Waals surface area contributed by atoms with Crippen LogP contribution in [0, 0.1) is 0 Å². The smallest absolute Gasteiger partial charge is 0.512 e. The SMILES string of the molecule is O=C(NS(=O)(=O)CCCO)c1ccc(OB(O)O)cc1NC1CCCCC1. The van der Waals surface area contributed by atoms with Crippen LogP contribution in [0.1, 0.15) is 48.9 Å². The van der Waals surface area contributed by atoms with Crippen LogP contribution in [0.2, 0.25) is 0 Å². The van der Waals surface area contributed by atoms with Gasteiger partial charge in [-0.25, -0.2) is 13.1 Å². The Morgan fingerprint density at radius 1 is 1.22 bits per heavy atom. The van der Waals surface area contributed by atoms with Gasteiger partial charge in [-0.2, -0.15) is 0 Å². The summed E-state index contributed by atoms with van der Waals surface area (Å²) in [6.45, 7) is -0.293. The minimum Gasteiger partial charge on any atom is -0.512 e. The molecule has 9 nitrogen and oxygen atoms in total. The number of aliphatic hydroxyl groups excluding tert-OH is 1. The van der Waals surface area contributed by atoms with Crippen LogP contribution in [0.3, 0.4) is 0 Å². The summed E-state index contributed by atoms with van der Waals surface area (Å²) in [5.74, 6) is -1.04. The van der Waals surface area contributed by atoms with E-state index < -0.39 is 23.3 Å². The number of anilines is 1. The van der Waals surface area contributed by atoms with Crippen molar-refractivity contribution in [1.29, 1.82) is 0 Å². The van der Waals surface area contributed by atoms with Gasteiger partial charge in [0.15, 0.2) is 0 Å². The van der Waals surface area contributed by atoms with Crippen molar-refractivity contribution in [3.05, 3.63) is 23.8 Å². The number of carbonyl (C=O) groups excluding carboxylic acids is 1. The largest absolute Gasteiger partial charge is 0.707 e. The first kappa shape index (κ1) is 21.5. The number of rotatable bonds is 9. The van der Waals surface area contributed by atoms with Gasteiger partial charge in [-0.1, -0.05) is 19.3 Å². The van der Waals surface area contributed by atoms with E-state index in [9.17, 15) is 13.2 Å². The Bertz CT molecular complexity index is 736. The Labute approximate surface area is 159 Å². The maximum atomic E-state index is 12.5. The quantitative estimate of drug-likeness (QED) is 0.370. The molecule has 0 saturated heterocycles. The molecule has 0 atom stereocenters. The molecule has 0 spiro atoms. The molecule has 1 aliphatic rings. The van der Waals surface area contributed by atoms with Crippen molar-refractivity contribution in [2.24, 2.45) is 0 Å². The third-order valence-electron chi connectivity index (χ3n) is 4.26. The molecule has 2 rings (SSSR count). The highest BCUT2D eigenvalue weighted by molar-refractivity contribution is 7.90. The number of nitrogens with one attached hydrogen (secondary N) is 2. The highest BCUT2D eigenvalue weighted by atomic mass is 32.2. The van der Waals surface area contributed by atoms with Crippen molar-refractivity contribution >= 4 is 28.9 Å². The lowest BCUT2D eigenvalue weighted by atomic mass is 9.95. The van der Waals surface area contributed by atoms with Crippen LogP contribution in [-0.2, 0) is 10.0 Å². The van der Waals surface area contributed by atoms with Crippen LogP contribution in [0.15, 0.2) is 18.2 Å². The molecule has 150 valence electrons. The number of carbonyl (C=O) groups is 1. The van der Waals surface area contributed by atoms with E-state index >= 15 is 0 Å². The van der Waals surface area contributed by atoms with Crippen molar-refractivity contribution < 1.29 is 33.0 Å². The molecule has 1 aromatic rings. The number of benzene rings is 1. The first-order valence-corrected chi connectivity index (χ1v) is 10.5. The van der Waals surface area contributed by atoms with Gasteiger partial charge in [-0.3, -0.25) is 4.79 Å². The molecule has 11 heteroatoms. The fraction of sp³-hybridized carbons (Fsp3) is 0.562. The molecular weight excluding hydrogens is 375 g/mol.